The second kappa shape index (κ2) is 5.51. The summed E-state index contributed by atoms with van der Waals surface area (Å²) in [5, 5.41) is 10.4. The van der Waals surface area contributed by atoms with Gasteiger partial charge in [-0.15, -0.1) is 0 Å². The van der Waals surface area contributed by atoms with Crippen molar-refractivity contribution < 1.29 is 9.90 Å². The minimum absolute atomic E-state index is 0.119. The molecule has 1 aromatic carbocycles. The Labute approximate surface area is 127 Å². The van der Waals surface area contributed by atoms with Gasteiger partial charge in [0.05, 0.1) is 11.3 Å². The summed E-state index contributed by atoms with van der Waals surface area (Å²) < 4.78 is 1.96. The van der Waals surface area contributed by atoms with E-state index in [0.29, 0.717) is 15.7 Å². The molecule has 0 saturated heterocycles. The van der Waals surface area contributed by atoms with Crippen molar-refractivity contribution in [2.24, 2.45) is 0 Å². The van der Waals surface area contributed by atoms with Crippen molar-refractivity contribution in [2.45, 2.75) is 26.8 Å². The molecule has 0 fully saturated rings. The van der Waals surface area contributed by atoms with Crippen molar-refractivity contribution in [3.63, 3.8) is 0 Å². The molecule has 106 valence electrons. The van der Waals surface area contributed by atoms with Crippen LogP contribution in [0.15, 0.2) is 24.3 Å². The first-order valence-corrected chi connectivity index (χ1v) is 6.99. The van der Waals surface area contributed by atoms with Crippen molar-refractivity contribution in [1.29, 1.82) is 0 Å². The van der Waals surface area contributed by atoms with Crippen LogP contribution in [0.4, 0.5) is 0 Å². The van der Waals surface area contributed by atoms with E-state index in [-0.39, 0.29) is 11.6 Å². The van der Waals surface area contributed by atoms with Gasteiger partial charge in [0.1, 0.15) is 0 Å². The predicted octanol–water partition coefficient (Wildman–Crippen LogP) is 5.05. The molecule has 0 amide bonds. The number of carboxylic acids is 1. The Morgan fingerprint density at radius 2 is 1.90 bits per heavy atom. The summed E-state index contributed by atoms with van der Waals surface area (Å²) in [5.74, 6) is -0.943. The van der Waals surface area contributed by atoms with E-state index in [2.05, 4.69) is 0 Å². The highest BCUT2D eigenvalue weighted by Crippen LogP contribution is 2.35. The first-order chi connectivity index (χ1) is 9.32. The molecule has 2 aromatic rings. The fourth-order valence-corrected chi connectivity index (χ4v) is 2.79. The van der Waals surface area contributed by atoms with E-state index in [0.717, 1.165) is 11.3 Å². The molecule has 0 aliphatic rings. The molecule has 5 heteroatoms. The maximum Gasteiger partial charge on any atom is 0.337 e. The van der Waals surface area contributed by atoms with Gasteiger partial charge in [-0.25, -0.2) is 4.79 Å². The van der Waals surface area contributed by atoms with Crippen LogP contribution >= 0.6 is 23.2 Å². The number of carboxylic acid groups (broad SMARTS) is 1. The summed E-state index contributed by atoms with van der Waals surface area (Å²) in [6.45, 7) is 5.80. The molecule has 0 bridgehead atoms. The SMILES string of the molecule is Cc1c(C(=O)O)cc(-c2cc(Cl)ccc2Cl)n1C(C)C. The van der Waals surface area contributed by atoms with E-state index in [4.69, 9.17) is 23.2 Å². The third-order valence-electron chi connectivity index (χ3n) is 3.24. The van der Waals surface area contributed by atoms with Crippen molar-refractivity contribution in [3.8, 4) is 11.3 Å². The Balaban J connectivity index is 2.76. The molecule has 1 heterocycles. The summed E-state index contributed by atoms with van der Waals surface area (Å²) in [7, 11) is 0. The zero-order valence-electron chi connectivity index (χ0n) is 11.4. The fourth-order valence-electron chi connectivity index (χ4n) is 2.40. The highest BCUT2D eigenvalue weighted by atomic mass is 35.5. The van der Waals surface area contributed by atoms with Crippen LogP contribution in [-0.2, 0) is 0 Å². The van der Waals surface area contributed by atoms with Gasteiger partial charge in [-0.2, -0.15) is 0 Å². The minimum Gasteiger partial charge on any atom is -0.478 e. The minimum atomic E-state index is -0.943. The number of carbonyl (C=O) groups is 1. The average Bonchev–Trinajstić information content (AvgIpc) is 2.70. The molecule has 0 aliphatic heterocycles. The van der Waals surface area contributed by atoms with Crippen LogP contribution in [0.5, 0.6) is 0 Å². The monoisotopic (exact) mass is 311 g/mol. The largest absolute Gasteiger partial charge is 0.478 e. The normalized spacial score (nSPS) is 11.1. The van der Waals surface area contributed by atoms with Crippen LogP contribution in [0.25, 0.3) is 11.3 Å². The quantitative estimate of drug-likeness (QED) is 0.861. The molecule has 0 aliphatic carbocycles. The molecule has 2 rings (SSSR count). The van der Waals surface area contributed by atoms with Crippen LogP contribution in [-0.4, -0.2) is 15.6 Å². The second-order valence-electron chi connectivity index (χ2n) is 4.92. The molecule has 0 spiro atoms. The smallest absolute Gasteiger partial charge is 0.337 e. The molecule has 1 aromatic heterocycles. The maximum absolute atomic E-state index is 11.3. The lowest BCUT2D eigenvalue weighted by molar-refractivity contribution is 0.0696. The van der Waals surface area contributed by atoms with Gasteiger partial charge in [0.25, 0.3) is 0 Å². The maximum atomic E-state index is 11.3. The first kappa shape index (κ1) is 14.9. The fraction of sp³-hybridized carbons (Fsp3) is 0.267. The number of aromatic carboxylic acids is 1. The lowest BCUT2D eigenvalue weighted by Crippen LogP contribution is -2.06. The molecule has 0 atom stereocenters. The average molecular weight is 312 g/mol. The Morgan fingerprint density at radius 1 is 1.25 bits per heavy atom. The van der Waals surface area contributed by atoms with E-state index in [1.54, 1.807) is 31.2 Å². The van der Waals surface area contributed by atoms with E-state index < -0.39 is 5.97 Å². The number of hydrogen-bond acceptors (Lipinski definition) is 1. The van der Waals surface area contributed by atoms with Crippen molar-refractivity contribution in [1.82, 2.24) is 4.57 Å². The van der Waals surface area contributed by atoms with Gasteiger partial charge in [0.2, 0.25) is 0 Å². The lowest BCUT2D eigenvalue weighted by atomic mass is 10.1. The summed E-state index contributed by atoms with van der Waals surface area (Å²) in [5.41, 5.74) is 2.49. The molecule has 3 nitrogen and oxygen atoms in total. The van der Waals surface area contributed by atoms with E-state index in [9.17, 15) is 9.90 Å². The molecule has 0 saturated carbocycles. The zero-order chi connectivity index (χ0) is 15.0. The molecule has 1 N–H and O–H groups in total. The lowest BCUT2D eigenvalue weighted by Gasteiger charge is -2.16. The highest BCUT2D eigenvalue weighted by molar-refractivity contribution is 6.35. The summed E-state index contributed by atoms with van der Waals surface area (Å²) in [4.78, 5) is 11.3. The number of hydrogen-bond donors (Lipinski definition) is 1. The predicted molar refractivity (Wildman–Crippen MR) is 82.0 cm³/mol. The van der Waals surface area contributed by atoms with Gasteiger partial charge < -0.3 is 9.67 Å². The second-order valence-corrected chi connectivity index (χ2v) is 5.77. The topological polar surface area (TPSA) is 42.2 Å². The Bertz CT molecular complexity index is 675. The van der Waals surface area contributed by atoms with Crippen LogP contribution < -0.4 is 0 Å². The van der Waals surface area contributed by atoms with Gasteiger partial charge >= 0.3 is 5.97 Å². The Kier molecular flexibility index (Phi) is 4.11. The number of rotatable bonds is 3. The summed E-state index contributed by atoms with van der Waals surface area (Å²) in [6.07, 6.45) is 0. The number of benzene rings is 1. The van der Waals surface area contributed by atoms with Crippen LogP contribution in [0.3, 0.4) is 0 Å². The highest BCUT2D eigenvalue weighted by Gasteiger charge is 2.20. The van der Waals surface area contributed by atoms with Gasteiger partial charge in [-0.05, 0) is 45.0 Å². The van der Waals surface area contributed by atoms with Gasteiger partial charge in [-0.3, -0.25) is 0 Å². The number of halogens is 2. The molecule has 20 heavy (non-hydrogen) atoms. The van der Waals surface area contributed by atoms with Crippen LogP contribution in [0, 0.1) is 6.92 Å². The summed E-state index contributed by atoms with van der Waals surface area (Å²) in [6, 6.07) is 6.94. The van der Waals surface area contributed by atoms with Gasteiger partial charge in [-0.1, -0.05) is 23.2 Å². The Morgan fingerprint density at radius 3 is 2.45 bits per heavy atom. The zero-order valence-corrected chi connectivity index (χ0v) is 13.0. The van der Waals surface area contributed by atoms with Gasteiger partial charge in [0.15, 0.2) is 0 Å². The Hall–Kier alpha value is -1.45. The van der Waals surface area contributed by atoms with Crippen LogP contribution in [0.1, 0.15) is 35.9 Å². The molecular weight excluding hydrogens is 297 g/mol. The van der Waals surface area contributed by atoms with Crippen molar-refractivity contribution in [2.75, 3.05) is 0 Å². The molecule has 0 radical (unpaired) electrons. The third kappa shape index (κ3) is 2.56. The third-order valence-corrected chi connectivity index (χ3v) is 3.81. The van der Waals surface area contributed by atoms with E-state index in [1.807, 2.05) is 18.4 Å². The standard InChI is InChI=1S/C15H15Cl2NO2/c1-8(2)18-9(3)11(15(19)20)7-14(18)12-6-10(16)4-5-13(12)17/h4-8H,1-3H3,(H,19,20). The first-order valence-electron chi connectivity index (χ1n) is 6.23. The van der Waals surface area contributed by atoms with Crippen molar-refractivity contribution >= 4 is 29.2 Å². The molecule has 0 unspecified atom stereocenters. The summed E-state index contributed by atoms with van der Waals surface area (Å²) >= 11 is 12.3. The van der Waals surface area contributed by atoms with Crippen molar-refractivity contribution in [3.05, 3.63) is 45.6 Å². The van der Waals surface area contributed by atoms with Gasteiger partial charge in [0, 0.05) is 27.3 Å². The number of aromatic nitrogens is 1. The van der Waals surface area contributed by atoms with E-state index >= 15 is 0 Å². The number of nitrogens with zero attached hydrogens (tertiary/aromatic N) is 1. The van der Waals surface area contributed by atoms with Crippen LogP contribution in [0.2, 0.25) is 10.0 Å². The molecular formula is C15H15Cl2NO2. The van der Waals surface area contributed by atoms with E-state index in [1.165, 1.54) is 0 Å².